The second-order valence-corrected chi connectivity index (χ2v) is 6.22. The highest BCUT2D eigenvalue weighted by molar-refractivity contribution is 7.99. The molecule has 0 saturated heterocycles. The van der Waals surface area contributed by atoms with Gasteiger partial charge in [-0.1, -0.05) is 13.3 Å². The Balaban J connectivity index is 2.31. The van der Waals surface area contributed by atoms with Crippen LogP contribution in [0.15, 0.2) is 23.6 Å². The first-order valence-electron chi connectivity index (χ1n) is 7.34. The van der Waals surface area contributed by atoms with E-state index in [0.717, 1.165) is 43.0 Å². The summed E-state index contributed by atoms with van der Waals surface area (Å²) < 4.78 is 4.92. The lowest BCUT2D eigenvalue weighted by atomic mass is 9.95. The standard InChI is InChI=1S/C15H25N3O2S/c1-4-9-18-15(2,14(19)20-3)8-5-6-11-21-13-7-10-16-12-17-13/h7,10,12,18H,4-6,8-9,11H2,1-3H3. The van der Waals surface area contributed by atoms with E-state index in [9.17, 15) is 4.79 Å². The van der Waals surface area contributed by atoms with Crippen molar-refractivity contribution in [2.45, 2.75) is 50.1 Å². The maximum Gasteiger partial charge on any atom is 0.325 e. The van der Waals surface area contributed by atoms with Crippen molar-refractivity contribution in [3.63, 3.8) is 0 Å². The molecule has 0 amide bonds. The normalized spacial score (nSPS) is 13.7. The number of methoxy groups -OCH3 is 1. The lowest BCUT2D eigenvalue weighted by Crippen LogP contribution is -2.50. The topological polar surface area (TPSA) is 64.1 Å². The molecule has 6 heteroatoms. The third-order valence-corrected chi connectivity index (χ3v) is 4.31. The molecular formula is C15H25N3O2S. The van der Waals surface area contributed by atoms with Crippen LogP contribution in [0.4, 0.5) is 0 Å². The molecule has 1 atom stereocenters. The molecule has 0 aliphatic carbocycles. The molecule has 0 saturated carbocycles. The van der Waals surface area contributed by atoms with E-state index >= 15 is 0 Å². The van der Waals surface area contributed by atoms with E-state index < -0.39 is 5.54 Å². The summed E-state index contributed by atoms with van der Waals surface area (Å²) in [7, 11) is 1.44. The van der Waals surface area contributed by atoms with E-state index in [1.807, 2.05) is 13.0 Å². The Morgan fingerprint density at radius 2 is 2.29 bits per heavy atom. The second kappa shape index (κ2) is 9.73. The van der Waals surface area contributed by atoms with Crippen LogP contribution in [0, 0.1) is 0 Å². The molecule has 0 radical (unpaired) electrons. The van der Waals surface area contributed by atoms with Gasteiger partial charge in [0.05, 0.1) is 12.1 Å². The predicted molar refractivity (Wildman–Crippen MR) is 85.3 cm³/mol. The zero-order valence-corrected chi connectivity index (χ0v) is 13.9. The Morgan fingerprint density at radius 3 is 2.90 bits per heavy atom. The number of nitrogens with one attached hydrogen (secondary N) is 1. The smallest absolute Gasteiger partial charge is 0.325 e. The molecule has 118 valence electrons. The first kappa shape index (κ1) is 17.9. The fourth-order valence-corrected chi connectivity index (χ4v) is 2.85. The summed E-state index contributed by atoms with van der Waals surface area (Å²) in [6.45, 7) is 4.83. The Kier molecular flexibility index (Phi) is 8.30. The van der Waals surface area contributed by atoms with Gasteiger partial charge in [-0.15, -0.1) is 11.8 Å². The summed E-state index contributed by atoms with van der Waals surface area (Å²) in [4.78, 5) is 20.0. The lowest BCUT2D eigenvalue weighted by Gasteiger charge is -2.28. The number of unbranched alkanes of at least 4 members (excludes halogenated alkanes) is 1. The van der Waals surface area contributed by atoms with Gasteiger partial charge in [-0.05, 0) is 44.6 Å². The fourth-order valence-electron chi connectivity index (χ4n) is 2.01. The highest BCUT2D eigenvalue weighted by atomic mass is 32.2. The maximum absolute atomic E-state index is 11.9. The summed E-state index contributed by atoms with van der Waals surface area (Å²) >= 11 is 1.72. The van der Waals surface area contributed by atoms with Gasteiger partial charge in [0.15, 0.2) is 0 Å². The molecule has 0 bridgehead atoms. The maximum atomic E-state index is 11.9. The first-order chi connectivity index (χ1) is 10.1. The average molecular weight is 311 g/mol. The highest BCUT2D eigenvalue weighted by Crippen LogP contribution is 2.20. The average Bonchev–Trinajstić information content (AvgIpc) is 2.52. The van der Waals surface area contributed by atoms with Crippen LogP contribution >= 0.6 is 11.8 Å². The van der Waals surface area contributed by atoms with Crippen molar-refractivity contribution >= 4 is 17.7 Å². The molecule has 0 aromatic carbocycles. The number of hydrogen-bond donors (Lipinski definition) is 1. The van der Waals surface area contributed by atoms with Crippen molar-refractivity contribution in [3.8, 4) is 0 Å². The predicted octanol–water partition coefficient (Wildman–Crippen LogP) is 2.67. The minimum atomic E-state index is -0.579. The van der Waals surface area contributed by atoms with E-state index in [0.29, 0.717) is 0 Å². The van der Waals surface area contributed by atoms with Gasteiger partial charge >= 0.3 is 5.97 Å². The van der Waals surface area contributed by atoms with Crippen LogP contribution in [0.2, 0.25) is 0 Å². The van der Waals surface area contributed by atoms with E-state index in [4.69, 9.17) is 4.74 Å². The van der Waals surface area contributed by atoms with Gasteiger partial charge in [-0.25, -0.2) is 9.97 Å². The van der Waals surface area contributed by atoms with Gasteiger partial charge in [0.2, 0.25) is 0 Å². The molecule has 0 aliphatic rings. The Morgan fingerprint density at radius 1 is 1.48 bits per heavy atom. The van der Waals surface area contributed by atoms with Crippen LogP contribution in [-0.2, 0) is 9.53 Å². The minimum absolute atomic E-state index is 0.181. The van der Waals surface area contributed by atoms with Crippen LogP contribution in [0.1, 0.15) is 39.5 Å². The number of rotatable bonds is 10. The third kappa shape index (κ3) is 6.44. The summed E-state index contributed by atoms with van der Waals surface area (Å²) in [5, 5.41) is 4.29. The van der Waals surface area contributed by atoms with Gasteiger partial charge < -0.3 is 10.1 Å². The van der Waals surface area contributed by atoms with E-state index in [1.54, 1.807) is 24.3 Å². The van der Waals surface area contributed by atoms with Crippen LogP contribution in [0.25, 0.3) is 0 Å². The molecule has 5 nitrogen and oxygen atoms in total. The molecule has 1 rings (SSSR count). The zero-order valence-electron chi connectivity index (χ0n) is 13.1. The molecular weight excluding hydrogens is 286 g/mol. The second-order valence-electron chi connectivity index (χ2n) is 5.10. The third-order valence-electron chi connectivity index (χ3n) is 3.28. The Bertz CT molecular complexity index is 417. The van der Waals surface area contributed by atoms with Crippen molar-refractivity contribution in [2.75, 3.05) is 19.4 Å². The number of hydrogen-bond acceptors (Lipinski definition) is 6. The number of nitrogens with zero attached hydrogens (tertiary/aromatic N) is 2. The van der Waals surface area contributed by atoms with Crippen LogP contribution in [-0.4, -0.2) is 40.9 Å². The summed E-state index contributed by atoms with van der Waals surface area (Å²) in [6.07, 6.45) is 7.10. The molecule has 1 aromatic heterocycles. The molecule has 1 heterocycles. The number of carbonyl (C=O) groups is 1. The molecule has 1 aromatic rings. The molecule has 21 heavy (non-hydrogen) atoms. The monoisotopic (exact) mass is 311 g/mol. The van der Waals surface area contributed by atoms with Crippen molar-refractivity contribution in [2.24, 2.45) is 0 Å². The Labute approximate surface area is 131 Å². The largest absolute Gasteiger partial charge is 0.468 e. The van der Waals surface area contributed by atoms with E-state index in [2.05, 4.69) is 22.2 Å². The van der Waals surface area contributed by atoms with Gasteiger partial charge in [0.1, 0.15) is 11.9 Å². The lowest BCUT2D eigenvalue weighted by molar-refractivity contribution is -0.148. The van der Waals surface area contributed by atoms with Crippen molar-refractivity contribution < 1.29 is 9.53 Å². The SMILES string of the molecule is CCCNC(C)(CCCCSc1ccncn1)C(=O)OC. The van der Waals surface area contributed by atoms with Gasteiger partial charge in [-0.3, -0.25) is 4.79 Å². The molecule has 0 spiro atoms. The number of esters is 1. The van der Waals surface area contributed by atoms with Gasteiger partial charge in [0.25, 0.3) is 0 Å². The summed E-state index contributed by atoms with van der Waals surface area (Å²) in [5.41, 5.74) is -0.579. The van der Waals surface area contributed by atoms with Crippen LogP contribution < -0.4 is 5.32 Å². The van der Waals surface area contributed by atoms with Crippen molar-refractivity contribution in [1.29, 1.82) is 0 Å². The molecule has 0 aliphatic heterocycles. The van der Waals surface area contributed by atoms with Crippen molar-refractivity contribution in [1.82, 2.24) is 15.3 Å². The van der Waals surface area contributed by atoms with Crippen LogP contribution in [0.5, 0.6) is 0 Å². The van der Waals surface area contributed by atoms with Crippen molar-refractivity contribution in [3.05, 3.63) is 18.6 Å². The fraction of sp³-hybridized carbons (Fsp3) is 0.667. The summed E-state index contributed by atoms with van der Waals surface area (Å²) in [6, 6.07) is 1.91. The number of thioether (sulfide) groups is 1. The van der Waals surface area contributed by atoms with Crippen LogP contribution in [0.3, 0.4) is 0 Å². The van der Waals surface area contributed by atoms with E-state index in [-0.39, 0.29) is 5.97 Å². The first-order valence-corrected chi connectivity index (χ1v) is 8.33. The number of carbonyl (C=O) groups excluding carboxylic acids is 1. The number of aromatic nitrogens is 2. The molecule has 1 unspecified atom stereocenters. The quantitative estimate of drug-likeness (QED) is 0.310. The van der Waals surface area contributed by atoms with Gasteiger partial charge in [0, 0.05) is 6.20 Å². The zero-order chi connectivity index (χ0) is 15.6. The minimum Gasteiger partial charge on any atom is -0.468 e. The Hall–Kier alpha value is -1.14. The van der Waals surface area contributed by atoms with E-state index in [1.165, 1.54) is 7.11 Å². The molecule has 0 fully saturated rings. The molecule has 1 N–H and O–H groups in total. The number of ether oxygens (including phenoxy) is 1. The summed E-state index contributed by atoms with van der Waals surface area (Å²) in [5.74, 6) is 0.807. The van der Waals surface area contributed by atoms with Gasteiger partial charge in [-0.2, -0.15) is 0 Å². The highest BCUT2D eigenvalue weighted by Gasteiger charge is 2.32.